The molecule has 4 N–H and O–H groups in total. The van der Waals surface area contributed by atoms with Crippen molar-refractivity contribution in [1.82, 2.24) is 19.5 Å². The predicted molar refractivity (Wildman–Crippen MR) is 139 cm³/mol. The maximum atomic E-state index is 15.2. The van der Waals surface area contributed by atoms with E-state index in [1.165, 1.54) is 30.6 Å². The van der Waals surface area contributed by atoms with Gasteiger partial charge >= 0.3 is 6.09 Å². The summed E-state index contributed by atoms with van der Waals surface area (Å²) in [6.45, 7) is 1.99. The Balaban J connectivity index is 1.86. The van der Waals surface area contributed by atoms with Gasteiger partial charge in [0.25, 0.3) is 5.91 Å². The Hall–Kier alpha value is -4.57. The van der Waals surface area contributed by atoms with Crippen LogP contribution in [0.25, 0.3) is 38.8 Å². The van der Waals surface area contributed by atoms with Gasteiger partial charge < -0.3 is 10.8 Å². The van der Waals surface area contributed by atoms with Crippen LogP contribution in [-0.4, -0.2) is 36.6 Å². The number of benzene rings is 2. The van der Waals surface area contributed by atoms with Crippen molar-refractivity contribution in [2.75, 3.05) is 5.32 Å². The van der Waals surface area contributed by atoms with Crippen molar-refractivity contribution in [3.8, 4) is 16.8 Å². The lowest BCUT2D eigenvalue weighted by Crippen LogP contribution is -2.12. The van der Waals surface area contributed by atoms with Crippen molar-refractivity contribution in [3.05, 3.63) is 77.1 Å². The number of halogens is 2. The molecule has 3 heterocycles. The van der Waals surface area contributed by atoms with E-state index >= 15 is 4.39 Å². The summed E-state index contributed by atoms with van der Waals surface area (Å²) < 4.78 is 17.0. The van der Waals surface area contributed by atoms with Gasteiger partial charge in [0, 0.05) is 18.8 Å². The minimum atomic E-state index is -1.26. The van der Waals surface area contributed by atoms with Crippen LogP contribution in [-0.2, 0) is 6.42 Å². The highest BCUT2D eigenvalue weighted by Gasteiger charge is 2.22. The van der Waals surface area contributed by atoms with Crippen molar-refractivity contribution in [2.24, 2.45) is 5.73 Å². The maximum Gasteiger partial charge on any atom is 0.410 e. The highest BCUT2D eigenvalue weighted by atomic mass is 35.5. The van der Waals surface area contributed by atoms with Crippen LogP contribution in [0.5, 0.6) is 0 Å². The van der Waals surface area contributed by atoms with Crippen molar-refractivity contribution < 1.29 is 19.1 Å². The Morgan fingerprint density at radius 3 is 2.59 bits per heavy atom. The minimum absolute atomic E-state index is 0.114. The third-order valence-electron chi connectivity index (χ3n) is 5.91. The van der Waals surface area contributed by atoms with E-state index in [0.717, 1.165) is 6.42 Å². The molecule has 186 valence electrons. The fourth-order valence-corrected chi connectivity index (χ4v) is 4.60. The van der Waals surface area contributed by atoms with Crippen molar-refractivity contribution in [1.29, 1.82) is 0 Å². The van der Waals surface area contributed by atoms with E-state index in [4.69, 9.17) is 27.4 Å². The molecule has 5 aromatic rings. The number of rotatable bonds is 6. The zero-order valence-corrected chi connectivity index (χ0v) is 20.3. The lowest BCUT2D eigenvalue weighted by Gasteiger charge is -2.14. The highest BCUT2D eigenvalue weighted by Crippen LogP contribution is 2.35. The number of aryl methyl sites for hydroxylation is 1. The van der Waals surface area contributed by atoms with Gasteiger partial charge in [0.05, 0.1) is 32.7 Å². The fourth-order valence-electron chi connectivity index (χ4n) is 4.39. The Morgan fingerprint density at radius 1 is 1.08 bits per heavy atom. The summed E-state index contributed by atoms with van der Waals surface area (Å²) >= 11 is 6.34. The molecule has 0 fully saturated rings. The molecule has 0 saturated carbocycles. The highest BCUT2D eigenvalue weighted by molar-refractivity contribution is 6.35. The first kappa shape index (κ1) is 24.1. The molecule has 0 atom stereocenters. The number of carbonyl (C=O) groups excluding carboxylic acids is 1. The Bertz CT molecular complexity index is 1720. The van der Waals surface area contributed by atoms with Gasteiger partial charge in [-0.3, -0.25) is 19.7 Å². The third kappa shape index (κ3) is 4.31. The smallest absolute Gasteiger partial charge is 0.410 e. The summed E-state index contributed by atoms with van der Waals surface area (Å²) in [5.74, 6) is -0.474. The molecule has 0 saturated heterocycles. The second kappa shape index (κ2) is 9.47. The van der Waals surface area contributed by atoms with E-state index in [0.29, 0.717) is 50.6 Å². The lowest BCUT2D eigenvalue weighted by atomic mass is 10.0. The van der Waals surface area contributed by atoms with Crippen LogP contribution < -0.4 is 11.1 Å². The molecule has 5 rings (SSSR count). The molecule has 2 aromatic carbocycles. The molecule has 11 heteroatoms. The Morgan fingerprint density at radius 2 is 1.86 bits per heavy atom. The van der Waals surface area contributed by atoms with Gasteiger partial charge in [0.15, 0.2) is 0 Å². The monoisotopic (exact) mass is 518 g/mol. The molecule has 0 unspecified atom stereocenters. The molecule has 0 radical (unpaired) electrons. The van der Waals surface area contributed by atoms with Gasteiger partial charge in [-0.2, -0.15) is 0 Å². The van der Waals surface area contributed by atoms with Gasteiger partial charge in [0.2, 0.25) is 0 Å². The summed E-state index contributed by atoms with van der Waals surface area (Å²) in [5, 5.41) is 11.8. The van der Waals surface area contributed by atoms with Crippen LogP contribution >= 0.6 is 11.6 Å². The van der Waals surface area contributed by atoms with E-state index in [1.54, 1.807) is 28.8 Å². The molecule has 9 nitrogen and oxygen atoms in total. The number of carbonyl (C=O) groups is 2. The predicted octanol–water partition coefficient (Wildman–Crippen LogP) is 5.57. The zero-order valence-electron chi connectivity index (χ0n) is 19.5. The fraction of sp³-hybridized carbons (Fsp3) is 0.115. The van der Waals surface area contributed by atoms with Gasteiger partial charge in [-0.05, 0) is 60.0 Å². The van der Waals surface area contributed by atoms with E-state index < -0.39 is 17.8 Å². The minimum Gasteiger partial charge on any atom is -0.465 e. The third-order valence-corrected chi connectivity index (χ3v) is 6.21. The number of amides is 2. The molecular formula is C26H20ClFN6O3. The summed E-state index contributed by atoms with van der Waals surface area (Å²) in [5.41, 5.74) is 8.72. The number of pyridine rings is 2. The van der Waals surface area contributed by atoms with Crippen LogP contribution in [0.2, 0.25) is 5.02 Å². The average Bonchev–Trinajstić information content (AvgIpc) is 3.23. The van der Waals surface area contributed by atoms with Gasteiger partial charge in [-0.15, -0.1) is 0 Å². The Labute approximate surface area is 214 Å². The number of fused-ring (bicyclic) bond motifs is 2. The first-order valence-electron chi connectivity index (χ1n) is 11.3. The number of nitrogens with zero attached hydrogens (tertiary/aromatic N) is 4. The largest absolute Gasteiger partial charge is 0.465 e. The van der Waals surface area contributed by atoms with Crippen LogP contribution in [0, 0.1) is 5.82 Å². The molecule has 37 heavy (non-hydrogen) atoms. The van der Waals surface area contributed by atoms with E-state index in [-0.39, 0.29) is 16.8 Å². The number of nitrogens with two attached hydrogens (primary N) is 1. The lowest BCUT2D eigenvalue weighted by molar-refractivity contribution is 0.100. The SMILES string of the molecule is CCCc1nc2c(C(N)=O)cc(-c3ccnc(NC(=O)O)c3)cc2n1-c1ccnc2c(Cl)ccc(F)c12. The molecule has 0 aliphatic rings. The summed E-state index contributed by atoms with van der Waals surface area (Å²) in [4.78, 5) is 36.6. The normalized spacial score (nSPS) is 11.2. The number of hydrogen-bond acceptors (Lipinski definition) is 5. The van der Waals surface area contributed by atoms with E-state index in [2.05, 4.69) is 15.3 Å². The average molecular weight is 519 g/mol. The molecule has 2 amide bonds. The topological polar surface area (TPSA) is 136 Å². The van der Waals surface area contributed by atoms with Crippen LogP contribution in [0.15, 0.2) is 54.9 Å². The Kier molecular flexibility index (Phi) is 6.18. The summed E-state index contributed by atoms with van der Waals surface area (Å²) in [6.07, 6.45) is 3.00. The van der Waals surface area contributed by atoms with E-state index in [9.17, 15) is 9.59 Å². The van der Waals surface area contributed by atoms with Crippen molar-refractivity contribution in [3.63, 3.8) is 0 Å². The number of imidazole rings is 1. The second-order valence-electron chi connectivity index (χ2n) is 8.31. The number of primary amides is 1. The number of carboxylic acid groups (broad SMARTS) is 1. The molecule has 0 spiro atoms. The zero-order chi connectivity index (χ0) is 26.3. The standard InChI is InChI=1S/C26H20ClFN6O3/c1-2-3-21-33-23-15(25(29)35)10-14(13-6-8-30-20(12-13)32-26(36)37)11-19(23)34(21)18-7-9-31-24-16(27)4-5-17(28)22(18)24/h4-12H,2-3H2,1H3,(H2,29,35)(H,30,32)(H,36,37). The number of anilines is 1. The molecular weight excluding hydrogens is 499 g/mol. The quantitative estimate of drug-likeness (QED) is 0.269. The van der Waals surface area contributed by atoms with Gasteiger partial charge in [0.1, 0.15) is 23.0 Å². The van der Waals surface area contributed by atoms with Crippen molar-refractivity contribution >= 4 is 51.4 Å². The first-order valence-corrected chi connectivity index (χ1v) is 11.7. The van der Waals surface area contributed by atoms with Crippen LogP contribution in [0.4, 0.5) is 15.0 Å². The number of aromatic nitrogens is 4. The van der Waals surface area contributed by atoms with Crippen LogP contribution in [0.1, 0.15) is 29.5 Å². The number of nitrogens with one attached hydrogen (secondary N) is 1. The van der Waals surface area contributed by atoms with Crippen molar-refractivity contribution in [2.45, 2.75) is 19.8 Å². The van der Waals surface area contributed by atoms with Gasteiger partial charge in [-0.25, -0.2) is 19.2 Å². The summed E-state index contributed by atoms with van der Waals surface area (Å²) in [6, 6.07) is 11.0. The summed E-state index contributed by atoms with van der Waals surface area (Å²) in [7, 11) is 0. The van der Waals surface area contributed by atoms with E-state index in [1.807, 2.05) is 6.92 Å². The second-order valence-corrected chi connectivity index (χ2v) is 8.72. The maximum absolute atomic E-state index is 15.2. The molecule has 0 bridgehead atoms. The molecule has 0 aliphatic heterocycles. The molecule has 0 aliphatic carbocycles. The molecule has 3 aromatic heterocycles. The van der Waals surface area contributed by atoms with Gasteiger partial charge in [-0.1, -0.05) is 18.5 Å². The van der Waals surface area contributed by atoms with Crippen LogP contribution in [0.3, 0.4) is 0 Å². The number of hydrogen-bond donors (Lipinski definition) is 3. The first-order chi connectivity index (χ1) is 17.8.